The lowest BCUT2D eigenvalue weighted by Crippen LogP contribution is -2.45. The molecule has 6 heteroatoms. The van der Waals surface area contributed by atoms with E-state index in [4.69, 9.17) is 0 Å². The molecule has 1 fully saturated rings. The molecule has 2 N–H and O–H groups in total. The Bertz CT molecular complexity index is 736. The molecule has 1 aliphatic rings. The predicted octanol–water partition coefficient (Wildman–Crippen LogP) is 2.46. The smallest absolute Gasteiger partial charge is 0.252 e. The number of piperidine rings is 1. The number of rotatable bonds is 6. The second-order valence-corrected chi connectivity index (χ2v) is 6.57. The summed E-state index contributed by atoms with van der Waals surface area (Å²) in [6.45, 7) is 2.39. The zero-order valence-corrected chi connectivity index (χ0v) is 14.7. The van der Waals surface area contributed by atoms with Gasteiger partial charge in [0, 0.05) is 30.9 Å². The quantitative estimate of drug-likeness (QED) is 0.834. The maximum atomic E-state index is 13.3. The molecule has 3 rings (SSSR count). The summed E-state index contributed by atoms with van der Waals surface area (Å²) in [7, 11) is 0. The number of halogens is 1. The molecule has 138 valence electrons. The predicted molar refractivity (Wildman–Crippen MR) is 98.3 cm³/mol. The van der Waals surface area contributed by atoms with Crippen LogP contribution in [0.3, 0.4) is 0 Å². The topological polar surface area (TPSA) is 65.5 Å². The van der Waals surface area contributed by atoms with Crippen molar-refractivity contribution >= 4 is 5.91 Å². The summed E-state index contributed by atoms with van der Waals surface area (Å²) in [6, 6.07) is 9.82. The van der Waals surface area contributed by atoms with Gasteiger partial charge in [0.15, 0.2) is 0 Å². The maximum absolute atomic E-state index is 13.3. The van der Waals surface area contributed by atoms with Gasteiger partial charge in [-0.25, -0.2) is 4.39 Å². The normalized spacial score (nSPS) is 17.8. The molecule has 0 aliphatic carbocycles. The van der Waals surface area contributed by atoms with Gasteiger partial charge in [0.1, 0.15) is 5.82 Å². The fourth-order valence-corrected chi connectivity index (χ4v) is 3.32. The Hall–Kier alpha value is -2.31. The van der Waals surface area contributed by atoms with Gasteiger partial charge in [-0.1, -0.05) is 18.6 Å². The molecule has 2 heterocycles. The van der Waals surface area contributed by atoms with E-state index in [0.717, 1.165) is 32.4 Å². The number of nitrogens with one attached hydrogen (secondary N) is 1. The molecule has 1 aromatic heterocycles. The molecule has 0 bridgehead atoms. The third kappa shape index (κ3) is 4.65. The van der Waals surface area contributed by atoms with Gasteiger partial charge in [-0.2, -0.15) is 0 Å². The summed E-state index contributed by atoms with van der Waals surface area (Å²) >= 11 is 0. The van der Waals surface area contributed by atoms with Gasteiger partial charge in [-0.15, -0.1) is 0 Å². The lowest BCUT2D eigenvalue weighted by molar-refractivity contribution is 0.0849. The molecule has 5 nitrogen and oxygen atoms in total. The number of carbonyl (C=O) groups excluding carboxylic acids is 1. The largest absolute Gasteiger partial charge is 0.395 e. The number of nitrogens with zero attached hydrogens (tertiary/aromatic N) is 2. The monoisotopic (exact) mass is 357 g/mol. The Morgan fingerprint density at radius 1 is 1.31 bits per heavy atom. The number of hydrogen-bond donors (Lipinski definition) is 2. The van der Waals surface area contributed by atoms with Gasteiger partial charge >= 0.3 is 0 Å². The fourth-order valence-electron chi connectivity index (χ4n) is 3.32. The van der Waals surface area contributed by atoms with Crippen LogP contribution in [0.15, 0.2) is 42.6 Å². The molecule has 1 aliphatic heterocycles. The fraction of sp³-hybridized carbons (Fsp3) is 0.400. The molecule has 2 aromatic rings. The second-order valence-electron chi connectivity index (χ2n) is 6.57. The van der Waals surface area contributed by atoms with E-state index in [-0.39, 0.29) is 24.4 Å². The highest BCUT2D eigenvalue weighted by molar-refractivity contribution is 5.94. The zero-order chi connectivity index (χ0) is 18.4. The standard InChI is InChI=1S/C20H24FN3O2/c21-17-5-3-4-15(12-17)19-8-7-16(13-23-19)20(26)22-9-11-24-10-2-1-6-18(24)14-25/h3-5,7-8,12-13,18,25H,1-2,6,9-11,14H2,(H,22,26). The molecule has 0 saturated carbocycles. The number of aliphatic hydroxyl groups is 1. The van der Waals surface area contributed by atoms with Crippen molar-refractivity contribution in [3.05, 3.63) is 54.0 Å². The molecule has 1 saturated heterocycles. The molecule has 1 unspecified atom stereocenters. The Balaban J connectivity index is 1.53. The van der Waals surface area contributed by atoms with Crippen molar-refractivity contribution in [2.45, 2.75) is 25.3 Å². The van der Waals surface area contributed by atoms with E-state index in [1.807, 2.05) is 0 Å². The van der Waals surface area contributed by atoms with Crippen LogP contribution >= 0.6 is 0 Å². The van der Waals surface area contributed by atoms with Gasteiger partial charge in [-0.05, 0) is 43.7 Å². The van der Waals surface area contributed by atoms with E-state index < -0.39 is 0 Å². The van der Waals surface area contributed by atoms with Crippen molar-refractivity contribution in [3.63, 3.8) is 0 Å². The van der Waals surface area contributed by atoms with Crippen molar-refractivity contribution in [1.82, 2.24) is 15.2 Å². The molecular weight excluding hydrogens is 333 g/mol. The second kappa shape index (κ2) is 8.87. The van der Waals surface area contributed by atoms with Crippen LogP contribution in [0.1, 0.15) is 29.6 Å². The lowest BCUT2D eigenvalue weighted by Gasteiger charge is -2.34. The highest BCUT2D eigenvalue weighted by Gasteiger charge is 2.21. The summed E-state index contributed by atoms with van der Waals surface area (Å²) in [6.07, 6.45) is 4.80. The summed E-state index contributed by atoms with van der Waals surface area (Å²) in [4.78, 5) is 18.8. The highest BCUT2D eigenvalue weighted by atomic mass is 19.1. The van der Waals surface area contributed by atoms with Gasteiger partial charge in [-0.3, -0.25) is 14.7 Å². The third-order valence-electron chi connectivity index (χ3n) is 4.79. The number of benzene rings is 1. The van der Waals surface area contributed by atoms with Crippen molar-refractivity contribution in [2.24, 2.45) is 0 Å². The molecular formula is C20H24FN3O2. The molecule has 0 spiro atoms. The summed E-state index contributed by atoms with van der Waals surface area (Å²) in [5.41, 5.74) is 1.78. The van der Waals surface area contributed by atoms with Crippen LogP contribution in [0.25, 0.3) is 11.3 Å². The van der Waals surface area contributed by atoms with E-state index in [1.54, 1.807) is 24.3 Å². The van der Waals surface area contributed by atoms with Crippen LogP contribution in [-0.2, 0) is 0 Å². The average molecular weight is 357 g/mol. The Labute approximate surface area is 152 Å². The van der Waals surface area contributed by atoms with Crippen LogP contribution in [0, 0.1) is 5.82 Å². The number of amides is 1. The van der Waals surface area contributed by atoms with Gasteiger partial charge in [0.25, 0.3) is 5.91 Å². The number of aromatic nitrogens is 1. The van der Waals surface area contributed by atoms with Crippen LogP contribution < -0.4 is 5.32 Å². The number of aliphatic hydroxyl groups excluding tert-OH is 1. The molecule has 0 radical (unpaired) electrons. The van der Waals surface area contributed by atoms with Crippen molar-refractivity contribution < 1.29 is 14.3 Å². The minimum absolute atomic E-state index is 0.166. The maximum Gasteiger partial charge on any atom is 0.252 e. The first kappa shape index (κ1) is 18.5. The number of carbonyl (C=O) groups is 1. The summed E-state index contributed by atoms with van der Waals surface area (Å²) in [5, 5.41) is 12.3. The molecule has 1 amide bonds. The SMILES string of the molecule is O=C(NCCN1CCCCC1CO)c1ccc(-c2cccc(F)c2)nc1. The highest BCUT2D eigenvalue weighted by Crippen LogP contribution is 2.18. The number of likely N-dealkylation sites (tertiary alicyclic amines) is 1. The van der Waals surface area contributed by atoms with E-state index in [0.29, 0.717) is 23.4 Å². The van der Waals surface area contributed by atoms with Gasteiger partial charge < -0.3 is 10.4 Å². The van der Waals surface area contributed by atoms with Crippen molar-refractivity contribution in [1.29, 1.82) is 0 Å². The van der Waals surface area contributed by atoms with E-state index in [1.165, 1.54) is 18.3 Å². The Kier molecular flexibility index (Phi) is 6.30. The van der Waals surface area contributed by atoms with Crippen molar-refractivity contribution in [2.75, 3.05) is 26.2 Å². The third-order valence-corrected chi connectivity index (χ3v) is 4.79. The summed E-state index contributed by atoms with van der Waals surface area (Å²) < 4.78 is 13.3. The van der Waals surface area contributed by atoms with Crippen molar-refractivity contribution in [3.8, 4) is 11.3 Å². The van der Waals surface area contributed by atoms with Crippen LogP contribution in [0.5, 0.6) is 0 Å². The van der Waals surface area contributed by atoms with E-state index in [2.05, 4.69) is 15.2 Å². The first-order valence-corrected chi connectivity index (χ1v) is 9.02. The minimum Gasteiger partial charge on any atom is -0.395 e. The average Bonchev–Trinajstić information content (AvgIpc) is 2.68. The Morgan fingerprint density at radius 3 is 2.92 bits per heavy atom. The van der Waals surface area contributed by atoms with Gasteiger partial charge in [0.2, 0.25) is 0 Å². The molecule has 1 aromatic carbocycles. The first-order valence-electron chi connectivity index (χ1n) is 9.02. The molecule has 1 atom stereocenters. The summed E-state index contributed by atoms with van der Waals surface area (Å²) in [5.74, 6) is -0.495. The first-order chi connectivity index (χ1) is 12.7. The lowest BCUT2D eigenvalue weighted by atomic mass is 10.0. The Morgan fingerprint density at radius 2 is 2.19 bits per heavy atom. The van der Waals surface area contributed by atoms with Gasteiger partial charge in [0.05, 0.1) is 17.9 Å². The van der Waals surface area contributed by atoms with E-state index >= 15 is 0 Å². The number of hydrogen-bond acceptors (Lipinski definition) is 4. The molecule has 26 heavy (non-hydrogen) atoms. The van der Waals surface area contributed by atoms with E-state index in [9.17, 15) is 14.3 Å². The number of pyridine rings is 1. The zero-order valence-electron chi connectivity index (χ0n) is 14.7. The van der Waals surface area contributed by atoms with Crippen LogP contribution in [0.2, 0.25) is 0 Å². The minimum atomic E-state index is -0.315. The van der Waals surface area contributed by atoms with Crippen LogP contribution in [-0.4, -0.2) is 53.2 Å². The van der Waals surface area contributed by atoms with Crippen LogP contribution in [0.4, 0.5) is 4.39 Å².